The monoisotopic (exact) mass is 246 g/mol. The van der Waals surface area contributed by atoms with Crippen LogP contribution in [0.2, 0.25) is 0 Å². The third-order valence-electron chi connectivity index (χ3n) is 3.69. The maximum atomic E-state index is 12.1. The second kappa shape index (κ2) is 6.64. The Labute approximate surface area is 109 Å². The summed E-state index contributed by atoms with van der Waals surface area (Å²) in [6.07, 6.45) is 9.55. The van der Waals surface area contributed by atoms with Crippen molar-refractivity contribution in [3.8, 4) is 0 Å². The summed E-state index contributed by atoms with van der Waals surface area (Å²) in [5.74, 6) is 0.741. The van der Waals surface area contributed by atoms with Crippen LogP contribution in [-0.2, 0) is 11.3 Å². The first-order valence-corrected chi connectivity index (χ1v) is 6.86. The Hall–Kier alpha value is -1.22. The van der Waals surface area contributed by atoms with Crippen molar-refractivity contribution in [2.75, 3.05) is 13.6 Å². The van der Waals surface area contributed by atoms with Crippen molar-refractivity contribution in [1.82, 2.24) is 9.88 Å². The van der Waals surface area contributed by atoms with Crippen LogP contribution < -0.4 is 0 Å². The zero-order valence-electron chi connectivity index (χ0n) is 11.1. The van der Waals surface area contributed by atoms with E-state index in [9.17, 15) is 4.79 Å². The second-order valence-electron chi connectivity index (χ2n) is 5.33. The van der Waals surface area contributed by atoms with Gasteiger partial charge in [0.25, 0.3) is 0 Å². The summed E-state index contributed by atoms with van der Waals surface area (Å²) in [5.41, 5.74) is 1.21. The van der Waals surface area contributed by atoms with E-state index in [0.29, 0.717) is 18.2 Å². The summed E-state index contributed by atoms with van der Waals surface area (Å²) in [4.78, 5) is 18.2. The predicted molar refractivity (Wildman–Crippen MR) is 72.2 cm³/mol. The standard InChI is InChI=1S/C15H22N2O/c1-17(11-13-7-9-16-10-8-13)12-15(18)14-5-3-2-4-6-14/h7-10,14H,2-6,11-12H2,1H3. The number of rotatable bonds is 5. The minimum absolute atomic E-state index is 0.318. The van der Waals surface area contributed by atoms with E-state index in [1.54, 1.807) is 12.4 Å². The summed E-state index contributed by atoms with van der Waals surface area (Å²) >= 11 is 0. The minimum Gasteiger partial charge on any atom is -0.298 e. The minimum atomic E-state index is 0.318. The molecule has 1 saturated carbocycles. The Morgan fingerprint density at radius 1 is 1.28 bits per heavy atom. The van der Waals surface area contributed by atoms with E-state index in [1.807, 2.05) is 19.2 Å². The molecule has 1 aliphatic carbocycles. The first-order valence-electron chi connectivity index (χ1n) is 6.86. The lowest BCUT2D eigenvalue weighted by Crippen LogP contribution is -2.31. The Morgan fingerprint density at radius 3 is 2.61 bits per heavy atom. The molecule has 0 amide bonds. The lowest BCUT2D eigenvalue weighted by molar-refractivity contribution is -0.124. The number of hydrogen-bond acceptors (Lipinski definition) is 3. The van der Waals surface area contributed by atoms with Crippen LogP contribution >= 0.6 is 0 Å². The fourth-order valence-electron chi connectivity index (χ4n) is 2.68. The number of carbonyl (C=O) groups is 1. The van der Waals surface area contributed by atoms with Gasteiger partial charge in [0, 0.05) is 24.9 Å². The van der Waals surface area contributed by atoms with Crippen molar-refractivity contribution >= 4 is 5.78 Å². The molecule has 3 nitrogen and oxygen atoms in total. The van der Waals surface area contributed by atoms with Crippen LogP contribution in [0, 0.1) is 5.92 Å². The van der Waals surface area contributed by atoms with E-state index in [0.717, 1.165) is 19.4 Å². The first kappa shape index (κ1) is 13.2. The van der Waals surface area contributed by atoms with Gasteiger partial charge >= 0.3 is 0 Å². The van der Waals surface area contributed by atoms with E-state index in [4.69, 9.17) is 0 Å². The van der Waals surface area contributed by atoms with Gasteiger partial charge in [-0.05, 0) is 37.6 Å². The summed E-state index contributed by atoms with van der Waals surface area (Å²) in [5, 5.41) is 0. The van der Waals surface area contributed by atoms with Gasteiger partial charge in [0.1, 0.15) is 5.78 Å². The zero-order chi connectivity index (χ0) is 12.8. The topological polar surface area (TPSA) is 33.2 Å². The number of likely N-dealkylation sites (N-methyl/N-ethyl adjacent to an activating group) is 1. The molecule has 0 N–H and O–H groups in total. The number of pyridine rings is 1. The number of nitrogens with zero attached hydrogens (tertiary/aromatic N) is 2. The van der Waals surface area contributed by atoms with Crippen LogP contribution in [0.4, 0.5) is 0 Å². The normalized spacial score (nSPS) is 17.0. The molecular formula is C15H22N2O. The largest absolute Gasteiger partial charge is 0.298 e. The molecule has 1 aromatic heterocycles. The Balaban J connectivity index is 1.79. The third kappa shape index (κ3) is 3.91. The average molecular weight is 246 g/mol. The van der Waals surface area contributed by atoms with Crippen molar-refractivity contribution in [2.45, 2.75) is 38.6 Å². The van der Waals surface area contributed by atoms with Crippen molar-refractivity contribution in [1.29, 1.82) is 0 Å². The Bertz CT molecular complexity index is 371. The Morgan fingerprint density at radius 2 is 1.94 bits per heavy atom. The van der Waals surface area contributed by atoms with E-state index in [2.05, 4.69) is 9.88 Å². The van der Waals surface area contributed by atoms with Gasteiger partial charge in [-0.1, -0.05) is 19.3 Å². The van der Waals surface area contributed by atoms with Gasteiger partial charge in [-0.15, -0.1) is 0 Å². The van der Waals surface area contributed by atoms with Gasteiger partial charge < -0.3 is 0 Å². The van der Waals surface area contributed by atoms with Gasteiger partial charge in [-0.3, -0.25) is 14.7 Å². The highest BCUT2D eigenvalue weighted by molar-refractivity contribution is 5.83. The highest BCUT2D eigenvalue weighted by Gasteiger charge is 2.21. The molecule has 1 aromatic rings. The molecule has 18 heavy (non-hydrogen) atoms. The maximum absolute atomic E-state index is 12.1. The molecule has 1 fully saturated rings. The molecule has 0 atom stereocenters. The van der Waals surface area contributed by atoms with Crippen molar-refractivity contribution < 1.29 is 4.79 Å². The summed E-state index contributed by atoms with van der Waals surface area (Å²) in [6.45, 7) is 1.40. The molecule has 1 aliphatic rings. The molecule has 98 valence electrons. The van der Waals surface area contributed by atoms with Crippen LogP contribution in [0.15, 0.2) is 24.5 Å². The zero-order valence-corrected chi connectivity index (χ0v) is 11.1. The highest BCUT2D eigenvalue weighted by atomic mass is 16.1. The first-order chi connectivity index (χ1) is 8.75. The van der Waals surface area contributed by atoms with E-state index in [1.165, 1.54) is 24.8 Å². The van der Waals surface area contributed by atoms with Crippen LogP contribution in [-0.4, -0.2) is 29.3 Å². The fourth-order valence-corrected chi connectivity index (χ4v) is 2.68. The van der Waals surface area contributed by atoms with Crippen molar-refractivity contribution in [3.05, 3.63) is 30.1 Å². The number of Topliss-reactive ketones (excluding diaryl/α,β-unsaturated/α-hetero) is 1. The second-order valence-corrected chi connectivity index (χ2v) is 5.33. The molecule has 0 bridgehead atoms. The number of hydrogen-bond donors (Lipinski definition) is 0. The molecule has 0 aromatic carbocycles. The Kier molecular flexibility index (Phi) is 4.88. The summed E-state index contributed by atoms with van der Waals surface area (Å²) in [7, 11) is 2.02. The van der Waals surface area contributed by atoms with Gasteiger partial charge in [-0.2, -0.15) is 0 Å². The maximum Gasteiger partial charge on any atom is 0.149 e. The van der Waals surface area contributed by atoms with Crippen LogP contribution in [0.25, 0.3) is 0 Å². The highest BCUT2D eigenvalue weighted by Crippen LogP contribution is 2.24. The van der Waals surface area contributed by atoms with Gasteiger partial charge in [0.2, 0.25) is 0 Å². The molecule has 0 aliphatic heterocycles. The van der Waals surface area contributed by atoms with E-state index in [-0.39, 0.29) is 0 Å². The molecule has 0 radical (unpaired) electrons. The number of ketones is 1. The van der Waals surface area contributed by atoms with Crippen molar-refractivity contribution in [2.24, 2.45) is 5.92 Å². The fraction of sp³-hybridized carbons (Fsp3) is 0.600. The van der Waals surface area contributed by atoms with E-state index < -0.39 is 0 Å². The van der Waals surface area contributed by atoms with Crippen LogP contribution in [0.1, 0.15) is 37.7 Å². The summed E-state index contributed by atoms with van der Waals surface area (Å²) < 4.78 is 0. The lowest BCUT2D eigenvalue weighted by atomic mass is 9.86. The van der Waals surface area contributed by atoms with Gasteiger partial charge in [-0.25, -0.2) is 0 Å². The van der Waals surface area contributed by atoms with Crippen molar-refractivity contribution in [3.63, 3.8) is 0 Å². The molecule has 2 rings (SSSR count). The third-order valence-corrected chi connectivity index (χ3v) is 3.69. The molecule has 3 heteroatoms. The molecule has 0 saturated heterocycles. The van der Waals surface area contributed by atoms with Crippen LogP contribution in [0.3, 0.4) is 0 Å². The smallest absolute Gasteiger partial charge is 0.149 e. The number of carbonyl (C=O) groups excluding carboxylic acids is 1. The lowest BCUT2D eigenvalue weighted by Gasteiger charge is -2.23. The van der Waals surface area contributed by atoms with Crippen LogP contribution in [0.5, 0.6) is 0 Å². The molecule has 0 unspecified atom stereocenters. The average Bonchev–Trinajstić information content (AvgIpc) is 2.40. The quantitative estimate of drug-likeness (QED) is 0.801. The predicted octanol–water partition coefficient (Wildman–Crippen LogP) is 2.66. The number of aromatic nitrogens is 1. The summed E-state index contributed by atoms with van der Waals surface area (Å²) in [6, 6.07) is 4.00. The molecule has 1 heterocycles. The molecule has 0 spiro atoms. The van der Waals surface area contributed by atoms with Gasteiger partial charge in [0.15, 0.2) is 0 Å². The molecular weight excluding hydrogens is 224 g/mol. The van der Waals surface area contributed by atoms with Gasteiger partial charge in [0.05, 0.1) is 6.54 Å². The SMILES string of the molecule is CN(CC(=O)C1CCCCC1)Cc1ccncc1. The van der Waals surface area contributed by atoms with E-state index >= 15 is 0 Å².